The van der Waals surface area contributed by atoms with Gasteiger partial charge in [0.1, 0.15) is 0 Å². The summed E-state index contributed by atoms with van der Waals surface area (Å²) in [5.74, 6) is 5.77. The molecular formula is C7H10. The summed E-state index contributed by atoms with van der Waals surface area (Å²) >= 11 is 0. The molecule has 0 spiro atoms. The summed E-state index contributed by atoms with van der Waals surface area (Å²) in [6, 6.07) is 0. The predicted molar refractivity (Wildman–Crippen MR) is 32.9 cm³/mol. The number of allylic oxidation sites excluding steroid dienone is 2. The molecule has 0 saturated carbocycles. The third-order valence-corrected chi connectivity index (χ3v) is 0.529. The van der Waals surface area contributed by atoms with Crippen molar-refractivity contribution in [3.63, 3.8) is 0 Å². The van der Waals surface area contributed by atoms with Crippen LogP contribution >= 0.6 is 0 Å². The van der Waals surface area contributed by atoms with Gasteiger partial charge < -0.3 is 0 Å². The maximum Gasteiger partial charge on any atom is 0.00637 e. The Morgan fingerprint density at radius 3 is 2.71 bits per heavy atom. The highest BCUT2D eigenvalue weighted by Gasteiger charge is 1.54. The molecule has 0 aliphatic heterocycles. The van der Waals surface area contributed by atoms with E-state index in [-0.39, 0.29) is 0 Å². The molecule has 0 aromatic rings. The first-order valence-corrected chi connectivity index (χ1v) is 2.51. The van der Waals surface area contributed by atoms with Crippen molar-refractivity contribution in [2.75, 3.05) is 0 Å². The van der Waals surface area contributed by atoms with Crippen molar-refractivity contribution < 1.29 is 0 Å². The van der Waals surface area contributed by atoms with Crippen LogP contribution < -0.4 is 0 Å². The fraction of sp³-hybridized carbons (Fsp3) is 0.429. The smallest absolute Gasteiger partial charge is 0.00637 e. The topological polar surface area (TPSA) is 0 Å². The van der Waals surface area contributed by atoms with E-state index in [4.69, 9.17) is 0 Å². The van der Waals surface area contributed by atoms with Gasteiger partial charge >= 0.3 is 0 Å². The number of rotatable bonds is 0. The van der Waals surface area contributed by atoms with Crippen LogP contribution in [0.2, 0.25) is 0 Å². The fourth-order valence-corrected chi connectivity index (χ4v) is 0.244. The minimum Gasteiger partial charge on any atom is -0.0988 e. The molecule has 0 unspecified atom stereocenters. The van der Waals surface area contributed by atoms with Crippen LogP contribution in [0.3, 0.4) is 0 Å². The molecule has 0 amide bonds. The Labute approximate surface area is 45.2 Å². The zero-order valence-corrected chi connectivity index (χ0v) is 4.86. The van der Waals surface area contributed by atoms with Crippen LogP contribution in [0.4, 0.5) is 0 Å². The van der Waals surface area contributed by atoms with E-state index in [9.17, 15) is 0 Å². The quantitative estimate of drug-likeness (QED) is 0.402. The summed E-state index contributed by atoms with van der Waals surface area (Å²) in [4.78, 5) is 0. The van der Waals surface area contributed by atoms with Crippen molar-refractivity contribution in [1.82, 2.24) is 0 Å². The van der Waals surface area contributed by atoms with Crippen molar-refractivity contribution in [3.05, 3.63) is 12.2 Å². The highest BCUT2D eigenvalue weighted by molar-refractivity contribution is 5.13. The van der Waals surface area contributed by atoms with Crippen LogP contribution in [0.5, 0.6) is 0 Å². The van der Waals surface area contributed by atoms with Crippen LogP contribution in [0.25, 0.3) is 0 Å². The van der Waals surface area contributed by atoms with Gasteiger partial charge in [0.2, 0.25) is 0 Å². The van der Waals surface area contributed by atoms with Gasteiger partial charge in [-0.05, 0) is 13.0 Å². The van der Waals surface area contributed by atoms with Gasteiger partial charge in [-0.2, -0.15) is 0 Å². The maximum atomic E-state index is 2.91. The highest BCUT2D eigenvalue weighted by atomic mass is 13.6. The third kappa shape index (κ3) is 5.30. The molecule has 0 N–H and O–H groups in total. The van der Waals surface area contributed by atoms with Crippen LogP contribution in [-0.4, -0.2) is 0 Å². The van der Waals surface area contributed by atoms with Crippen LogP contribution in [0, 0.1) is 11.8 Å². The normalized spacial score (nSPS) is 8.29. The van der Waals surface area contributed by atoms with Crippen LogP contribution in [0.15, 0.2) is 12.2 Å². The van der Waals surface area contributed by atoms with Crippen LogP contribution in [-0.2, 0) is 0 Å². The monoisotopic (exact) mass is 94.1 g/mol. The summed E-state index contributed by atoms with van der Waals surface area (Å²) in [5, 5.41) is 0. The van der Waals surface area contributed by atoms with E-state index in [0.29, 0.717) is 0 Å². The highest BCUT2D eigenvalue weighted by Crippen LogP contribution is 1.68. The zero-order chi connectivity index (χ0) is 5.54. The minimum absolute atomic E-state index is 0.949. The molecule has 0 rings (SSSR count). The van der Waals surface area contributed by atoms with E-state index in [1.165, 1.54) is 0 Å². The van der Waals surface area contributed by atoms with E-state index in [0.717, 1.165) is 6.42 Å². The lowest BCUT2D eigenvalue weighted by Crippen LogP contribution is -1.49. The van der Waals surface area contributed by atoms with Crippen molar-refractivity contribution >= 4 is 0 Å². The molecule has 7 heavy (non-hydrogen) atoms. The van der Waals surface area contributed by atoms with Crippen molar-refractivity contribution in [3.8, 4) is 11.8 Å². The number of hydrogen-bond acceptors (Lipinski definition) is 0. The molecule has 0 atom stereocenters. The first-order valence-electron chi connectivity index (χ1n) is 2.51. The zero-order valence-electron chi connectivity index (χ0n) is 4.86. The Hall–Kier alpha value is -0.700. The Morgan fingerprint density at radius 1 is 1.57 bits per heavy atom. The lowest BCUT2D eigenvalue weighted by molar-refractivity contribution is 1.28. The molecule has 0 fully saturated rings. The van der Waals surface area contributed by atoms with Crippen molar-refractivity contribution in [2.24, 2.45) is 0 Å². The second-order valence-corrected chi connectivity index (χ2v) is 1.17. The fourth-order valence-electron chi connectivity index (χ4n) is 0.244. The van der Waals surface area contributed by atoms with E-state index >= 15 is 0 Å². The van der Waals surface area contributed by atoms with Gasteiger partial charge in [0.25, 0.3) is 0 Å². The molecule has 0 heterocycles. The van der Waals surface area contributed by atoms with E-state index in [1.807, 2.05) is 26.0 Å². The second-order valence-electron chi connectivity index (χ2n) is 1.17. The lowest BCUT2D eigenvalue weighted by atomic mass is 10.4. The molecule has 0 aliphatic carbocycles. The molecule has 0 bridgehead atoms. The third-order valence-electron chi connectivity index (χ3n) is 0.529. The molecular weight excluding hydrogens is 84.1 g/mol. The Morgan fingerprint density at radius 2 is 2.29 bits per heavy atom. The SMILES string of the molecule is CC=CC#CCC. The van der Waals surface area contributed by atoms with Crippen LogP contribution in [0.1, 0.15) is 20.3 Å². The van der Waals surface area contributed by atoms with Gasteiger partial charge in [0, 0.05) is 6.42 Å². The van der Waals surface area contributed by atoms with Gasteiger partial charge in [-0.15, -0.1) is 0 Å². The van der Waals surface area contributed by atoms with Crippen molar-refractivity contribution in [2.45, 2.75) is 20.3 Å². The molecule has 0 radical (unpaired) electrons. The summed E-state index contributed by atoms with van der Waals surface area (Å²) in [7, 11) is 0. The largest absolute Gasteiger partial charge is 0.0988 e. The molecule has 0 aliphatic rings. The summed E-state index contributed by atoms with van der Waals surface area (Å²) in [6.07, 6.45) is 4.73. The minimum atomic E-state index is 0.949. The standard InChI is InChI=1S/C7H10/c1-3-5-7-6-4-2/h3,5H,4H2,1-2H3. The average molecular weight is 94.2 g/mol. The van der Waals surface area contributed by atoms with Gasteiger partial charge in [-0.1, -0.05) is 24.8 Å². The molecule has 38 valence electrons. The van der Waals surface area contributed by atoms with Gasteiger partial charge in [-0.25, -0.2) is 0 Å². The van der Waals surface area contributed by atoms with Gasteiger partial charge in [0.05, 0.1) is 0 Å². The lowest BCUT2D eigenvalue weighted by Gasteiger charge is -1.63. The van der Waals surface area contributed by atoms with E-state index in [1.54, 1.807) is 0 Å². The molecule has 0 heteroatoms. The summed E-state index contributed by atoms with van der Waals surface area (Å²) < 4.78 is 0. The van der Waals surface area contributed by atoms with Crippen molar-refractivity contribution in [1.29, 1.82) is 0 Å². The summed E-state index contributed by atoms with van der Waals surface area (Å²) in [6.45, 7) is 4.00. The Balaban J connectivity index is 3.25. The molecule has 0 nitrogen and oxygen atoms in total. The Bertz CT molecular complexity index is 98.9. The van der Waals surface area contributed by atoms with E-state index in [2.05, 4.69) is 11.8 Å². The van der Waals surface area contributed by atoms with Gasteiger partial charge in [0.15, 0.2) is 0 Å². The molecule has 0 aromatic carbocycles. The first-order chi connectivity index (χ1) is 3.41. The molecule has 0 saturated heterocycles. The number of hydrogen-bond donors (Lipinski definition) is 0. The van der Waals surface area contributed by atoms with E-state index < -0.39 is 0 Å². The first kappa shape index (κ1) is 6.30. The molecule has 0 aromatic heterocycles. The average Bonchev–Trinajstić information content (AvgIpc) is 1.69. The predicted octanol–water partition coefficient (Wildman–Crippen LogP) is 1.98. The maximum absolute atomic E-state index is 2.91. The Kier molecular flexibility index (Phi) is 4.77. The summed E-state index contributed by atoms with van der Waals surface area (Å²) in [5.41, 5.74) is 0. The second kappa shape index (κ2) is 5.30. The van der Waals surface area contributed by atoms with Gasteiger partial charge in [-0.3, -0.25) is 0 Å².